The molecule has 1 rings (SSSR count). The quantitative estimate of drug-likeness (QED) is 0.702. The second kappa shape index (κ2) is 3.34. The second-order valence-electron chi connectivity index (χ2n) is 3.84. The first-order valence-electron chi connectivity index (χ1n) is 4.40. The van der Waals surface area contributed by atoms with Gasteiger partial charge in [-0.3, -0.25) is 0 Å². The molecular weight excluding hydrogens is 174 g/mol. The van der Waals surface area contributed by atoms with Crippen LogP contribution in [0.1, 0.15) is 20.3 Å². The number of rotatable bonds is 3. The molecular formula is C8H17NO2S. The Morgan fingerprint density at radius 2 is 2.08 bits per heavy atom. The third-order valence-corrected chi connectivity index (χ3v) is 5.07. The van der Waals surface area contributed by atoms with Crippen LogP contribution in [0.4, 0.5) is 0 Å². The van der Waals surface area contributed by atoms with Crippen molar-refractivity contribution in [1.29, 1.82) is 0 Å². The Morgan fingerprint density at radius 1 is 1.50 bits per heavy atom. The molecule has 4 heteroatoms. The summed E-state index contributed by atoms with van der Waals surface area (Å²) in [6.45, 7) is 4.55. The van der Waals surface area contributed by atoms with Gasteiger partial charge in [-0.15, -0.1) is 0 Å². The molecule has 1 fully saturated rings. The van der Waals surface area contributed by atoms with Gasteiger partial charge in [0.1, 0.15) is 0 Å². The Bertz CT molecular complexity index is 246. The standard InChI is InChI=1S/C8H17NO2S/c1-6(2)7(5-9)8-3-4-12(8,10)11/h6-8H,3-5,9H2,1-2H3. The number of hydrogen-bond acceptors (Lipinski definition) is 3. The molecule has 0 amide bonds. The third kappa shape index (κ3) is 1.64. The summed E-state index contributed by atoms with van der Waals surface area (Å²) in [6, 6.07) is 0. The van der Waals surface area contributed by atoms with Crippen LogP contribution in [0.2, 0.25) is 0 Å². The van der Waals surface area contributed by atoms with E-state index in [-0.39, 0.29) is 11.2 Å². The van der Waals surface area contributed by atoms with E-state index < -0.39 is 9.84 Å². The SMILES string of the molecule is CC(C)C(CN)C1CCS1(=O)=O. The minimum absolute atomic E-state index is 0.150. The molecule has 3 nitrogen and oxygen atoms in total. The molecule has 0 radical (unpaired) electrons. The summed E-state index contributed by atoms with van der Waals surface area (Å²) >= 11 is 0. The van der Waals surface area contributed by atoms with Crippen LogP contribution in [0.3, 0.4) is 0 Å². The summed E-state index contributed by atoms with van der Waals surface area (Å²) in [6.07, 6.45) is 0.808. The molecule has 12 heavy (non-hydrogen) atoms. The van der Waals surface area contributed by atoms with E-state index in [1.54, 1.807) is 0 Å². The lowest BCUT2D eigenvalue weighted by Gasteiger charge is -2.35. The Morgan fingerprint density at radius 3 is 2.17 bits per heavy atom. The average Bonchev–Trinajstić information content (AvgIpc) is 1.97. The first-order valence-corrected chi connectivity index (χ1v) is 6.12. The van der Waals surface area contributed by atoms with Gasteiger partial charge in [0.05, 0.1) is 11.0 Å². The summed E-state index contributed by atoms with van der Waals surface area (Å²) in [4.78, 5) is 0. The van der Waals surface area contributed by atoms with Gasteiger partial charge in [-0.25, -0.2) is 8.42 Å². The van der Waals surface area contributed by atoms with Crippen molar-refractivity contribution in [2.24, 2.45) is 17.6 Å². The predicted octanol–water partition coefficient (Wildman–Crippen LogP) is 0.404. The van der Waals surface area contributed by atoms with Gasteiger partial charge in [0.15, 0.2) is 9.84 Å². The monoisotopic (exact) mass is 191 g/mol. The molecule has 1 heterocycles. The molecule has 0 saturated carbocycles. The van der Waals surface area contributed by atoms with Crippen molar-refractivity contribution in [2.75, 3.05) is 12.3 Å². The summed E-state index contributed by atoms with van der Waals surface area (Å²) in [5.41, 5.74) is 5.54. The van der Waals surface area contributed by atoms with Crippen LogP contribution in [-0.4, -0.2) is 26.0 Å². The molecule has 0 aromatic heterocycles. The van der Waals surface area contributed by atoms with Gasteiger partial charge >= 0.3 is 0 Å². The largest absolute Gasteiger partial charge is 0.330 e. The number of sulfone groups is 1. The summed E-state index contributed by atoms with van der Waals surface area (Å²) in [7, 11) is -2.76. The van der Waals surface area contributed by atoms with Crippen molar-refractivity contribution >= 4 is 9.84 Å². The first kappa shape index (κ1) is 9.99. The number of nitrogens with two attached hydrogens (primary N) is 1. The maximum absolute atomic E-state index is 11.3. The Kier molecular flexibility index (Phi) is 2.78. The van der Waals surface area contributed by atoms with Crippen LogP contribution in [0, 0.1) is 11.8 Å². The molecule has 72 valence electrons. The highest BCUT2D eigenvalue weighted by molar-refractivity contribution is 7.93. The normalized spacial score (nSPS) is 29.8. The molecule has 0 aromatic rings. The fourth-order valence-electron chi connectivity index (χ4n) is 1.78. The summed E-state index contributed by atoms with van der Waals surface area (Å²) in [5, 5.41) is -0.150. The smallest absolute Gasteiger partial charge is 0.153 e. The van der Waals surface area contributed by atoms with Crippen molar-refractivity contribution in [3.8, 4) is 0 Å². The van der Waals surface area contributed by atoms with Crippen molar-refractivity contribution < 1.29 is 8.42 Å². The van der Waals surface area contributed by atoms with Crippen LogP contribution in [0.25, 0.3) is 0 Å². The maximum atomic E-state index is 11.3. The lowest BCUT2D eigenvalue weighted by molar-refractivity contribution is 0.348. The van der Waals surface area contributed by atoms with Crippen LogP contribution >= 0.6 is 0 Å². The first-order chi connectivity index (χ1) is 5.49. The van der Waals surface area contributed by atoms with Gasteiger partial charge in [0.25, 0.3) is 0 Å². The Balaban J connectivity index is 2.68. The van der Waals surface area contributed by atoms with E-state index in [0.717, 1.165) is 6.42 Å². The van der Waals surface area contributed by atoms with Crippen molar-refractivity contribution in [3.63, 3.8) is 0 Å². The van der Waals surface area contributed by atoms with Crippen LogP contribution in [0.15, 0.2) is 0 Å². The summed E-state index contributed by atoms with van der Waals surface area (Å²) < 4.78 is 22.5. The highest BCUT2D eigenvalue weighted by Gasteiger charge is 2.41. The summed E-state index contributed by atoms with van der Waals surface area (Å²) in [5.74, 6) is 0.889. The molecule has 2 N–H and O–H groups in total. The molecule has 1 aliphatic rings. The second-order valence-corrected chi connectivity index (χ2v) is 6.18. The highest BCUT2D eigenvalue weighted by Crippen LogP contribution is 2.31. The van der Waals surface area contributed by atoms with Crippen LogP contribution < -0.4 is 5.73 Å². The van der Waals surface area contributed by atoms with Gasteiger partial charge < -0.3 is 5.73 Å². The van der Waals surface area contributed by atoms with Crippen molar-refractivity contribution in [3.05, 3.63) is 0 Å². The molecule has 0 bridgehead atoms. The van der Waals surface area contributed by atoms with E-state index in [1.807, 2.05) is 13.8 Å². The highest BCUT2D eigenvalue weighted by atomic mass is 32.2. The van der Waals surface area contributed by atoms with E-state index in [4.69, 9.17) is 5.73 Å². The lowest BCUT2D eigenvalue weighted by Crippen LogP contribution is -2.46. The van der Waals surface area contributed by atoms with E-state index >= 15 is 0 Å². The van der Waals surface area contributed by atoms with E-state index in [2.05, 4.69) is 0 Å². The van der Waals surface area contributed by atoms with E-state index in [0.29, 0.717) is 18.2 Å². The van der Waals surface area contributed by atoms with Crippen LogP contribution in [-0.2, 0) is 9.84 Å². The zero-order valence-electron chi connectivity index (χ0n) is 7.66. The minimum atomic E-state index is -2.76. The van der Waals surface area contributed by atoms with Crippen molar-refractivity contribution in [2.45, 2.75) is 25.5 Å². The zero-order chi connectivity index (χ0) is 9.35. The van der Waals surface area contributed by atoms with E-state index in [9.17, 15) is 8.42 Å². The lowest BCUT2D eigenvalue weighted by atomic mass is 9.91. The average molecular weight is 191 g/mol. The molecule has 1 aliphatic heterocycles. The van der Waals surface area contributed by atoms with Gasteiger partial charge in [0.2, 0.25) is 0 Å². The molecule has 0 spiro atoms. The predicted molar refractivity (Wildman–Crippen MR) is 49.6 cm³/mol. The van der Waals surface area contributed by atoms with Gasteiger partial charge in [-0.1, -0.05) is 13.8 Å². The molecule has 0 aliphatic carbocycles. The third-order valence-electron chi connectivity index (χ3n) is 2.75. The fraction of sp³-hybridized carbons (Fsp3) is 1.00. The fourth-order valence-corrected chi connectivity index (χ4v) is 3.63. The van der Waals surface area contributed by atoms with Crippen LogP contribution in [0.5, 0.6) is 0 Å². The molecule has 2 atom stereocenters. The van der Waals surface area contributed by atoms with Gasteiger partial charge in [0, 0.05) is 0 Å². The minimum Gasteiger partial charge on any atom is -0.330 e. The van der Waals surface area contributed by atoms with Crippen molar-refractivity contribution in [1.82, 2.24) is 0 Å². The zero-order valence-corrected chi connectivity index (χ0v) is 8.47. The number of hydrogen-bond donors (Lipinski definition) is 1. The van der Waals surface area contributed by atoms with E-state index in [1.165, 1.54) is 0 Å². The topological polar surface area (TPSA) is 60.2 Å². The Labute approximate surface area is 74.3 Å². The molecule has 1 saturated heterocycles. The molecule has 0 aromatic carbocycles. The van der Waals surface area contributed by atoms with Gasteiger partial charge in [-0.05, 0) is 24.8 Å². The Hall–Kier alpha value is -0.0900. The molecule has 2 unspecified atom stereocenters. The maximum Gasteiger partial charge on any atom is 0.153 e. The van der Waals surface area contributed by atoms with Gasteiger partial charge in [-0.2, -0.15) is 0 Å².